The molecule has 0 saturated carbocycles. The van der Waals surface area contributed by atoms with E-state index in [1.807, 2.05) is 18.5 Å². The number of aromatic nitrogens is 3. The second-order valence-corrected chi connectivity index (χ2v) is 9.03. The number of benzene rings is 1. The Hall–Kier alpha value is -3.14. The molecule has 0 aliphatic carbocycles. The lowest BCUT2D eigenvalue weighted by Gasteiger charge is -2.28. The first-order valence-corrected chi connectivity index (χ1v) is 12.0. The van der Waals surface area contributed by atoms with Crippen molar-refractivity contribution in [3.63, 3.8) is 0 Å². The van der Waals surface area contributed by atoms with E-state index in [1.165, 1.54) is 6.07 Å². The first kappa shape index (κ1) is 23.6. The van der Waals surface area contributed by atoms with Gasteiger partial charge in [0, 0.05) is 49.2 Å². The normalized spacial score (nSPS) is 16.8. The van der Waals surface area contributed by atoms with Gasteiger partial charge in [0.05, 0.1) is 29.4 Å². The number of hydrogen-bond donors (Lipinski definition) is 1. The van der Waals surface area contributed by atoms with Crippen LogP contribution < -0.4 is 5.32 Å². The highest BCUT2D eigenvalue weighted by atomic mass is 19.4. The number of carbonyl (C=O) groups excluding carboxylic acids is 1. The summed E-state index contributed by atoms with van der Waals surface area (Å²) >= 11 is 0. The smallest absolute Gasteiger partial charge is 0.381 e. The van der Waals surface area contributed by atoms with Crippen LogP contribution in [0.5, 0.6) is 0 Å². The number of carbonyl (C=O) groups is 1. The molecule has 35 heavy (non-hydrogen) atoms. The summed E-state index contributed by atoms with van der Waals surface area (Å²) in [6.45, 7) is 6.57. The van der Waals surface area contributed by atoms with Crippen LogP contribution in [0.3, 0.4) is 0 Å². The molecule has 5 rings (SSSR count). The van der Waals surface area contributed by atoms with Gasteiger partial charge in [0.1, 0.15) is 0 Å². The summed E-state index contributed by atoms with van der Waals surface area (Å²) < 4.78 is 47.0. The molecular formula is C25H28F3N5O2. The van der Waals surface area contributed by atoms with Gasteiger partial charge in [0.15, 0.2) is 5.65 Å². The Morgan fingerprint density at radius 2 is 1.97 bits per heavy atom. The quantitative estimate of drug-likeness (QED) is 0.542. The zero-order valence-corrected chi connectivity index (χ0v) is 19.8. The Bertz CT molecular complexity index is 1260. The van der Waals surface area contributed by atoms with E-state index in [0.717, 1.165) is 53.0 Å². The molecule has 3 aromatic rings. The average Bonchev–Trinajstić information content (AvgIpc) is 3.40. The van der Waals surface area contributed by atoms with Gasteiger partial charge in [0.25, 0.3) is 5.91 Å². The topological polar surface area (TPSA) is 72.3 Å². The van der Waals surface area contributed by atoms with E-state index in [2.05, 4.69) is 10.4 Å². The van der Waals surface area contributed by atoms with Gasteiger partial charge in [-0.05, 0) is 43.9 Å². The molecule has 1 N–H and O–H groups in total. The second kappa shape index (κ2) is 9.14. The van der Waals surface area contributed by atoms with Crippen LogP contribution in [0, 0.1) is 0 Å². The summed E-state index contributed by atoms with van der Waals surface area (Å²) in [5, 5.41) is 9.07. The molecule has 7 nitrogen and oxygen atoms in total. The van der Waals surface area contributed by atoms with Crippen molar-refractivity contribution in [2.45, 2.75) is 65.0 Å². The Morgan fingerprint density at radius 1 is 1.20 bits per heavy atom. The number of alkyl halides is 3. The summed E-state index contributed by atoms with van der Waals surface area (Å²) in [5.74, 6) is -0.394. The monoisotopic (exact) mass is 487 g/mol. The summed E-state index contributed by atoms with van der Waals surface area (Å²) in [7, 11) is 0. The SMILES string of the molecule is CCc1nc2c(cnn2CC)c(NC2CCOCC2)c1CN1Cc2ccc(C(F)(F)F)cc2C1=O. The number of pyridine rings is 1. The van der Waals surface area contributed by atoms with Crippen LogP contribution in [0.1, 0.15) is 59.4 Å². The highest BCUT2D eigenvalue weighted by Gasteiger charge is 2.35. The van der Waals surface area contributed by atoms with Gasteiger partial charge in [0.2, 0.25) is 0 Å². The lowest BCUT2D eigenvalue weighted by molar-refractivity contribution is -0.137. The maximum Gasteiger partial charge on any atom is 0.416 e. The van der Waals surface area contributed by atoms with Crippen molar-refractivity contribution in [3.05, 3.63) is 52.3 Å². The molecule has 1 saturated heterocycles. The van der Waals surface area contributed by atoms with Crippen molar-refractivity contribution in [1.29, 1.82) is 0 Å². The van der Waals surface area contributed by atoms with E-state index < -0.39 is 17.6 Å². The van der Waals surface area contributed by atoms with E-state index in [0.29, 0.717) is 31.7 Å². The third-order valence-electron chi connectivity index (χ3n) is 6.84. The molecule has 0 atom stereocenters. The second-order valence-electron chi connectivity index (χ2n) is 9.03. The largest absolute Gasteiger partial charge is 0.416 e. The predicted molar refractivity (Wildman–Crippen MR) is 125 cm³/mol. The van der Waals surface area contributed by atoms with Crippen LogP contribution in [0.25, 0.3) is 11.0 Å². The summed E-state index contributed by atoms with van der Waals surface area (Å²) in [6, 6.07) is 3.62. The Kier molecular flexibility index (Phi) is 6.16. The van der Waals surface area contributed by atoms with E-state index in [9.17, 15) is 18.0 Å². The molecule has 1 fully saturated rings. The van der Waals surface area contributed by atoms with Gasteiger partial charge in [-0.15, -0.1) is 0 Å². The van der Waals surface area contributed by atoms with Crippen molar-refractivity contribution in [3.8, 4) is 0 Å². The maximum absolute atomic E-state index is 13.2. The zero-order valence-electron chi connectivity index (χ0n) is 19.8. The van der Waals surface area contributed by atoms with Crippen LogP contribution in [-0.4, -0.2) is 44.8 Å². The summed E-state index contributed by atoms with van der Waals surface area (Å²) in [4.78, 5) is 19.7. The maximum atomic E-state index is 13.2. The van der Waals surface area contributed by atoms with Crippen LogP contribution in [0.15, 0.2) is 24.4 Å². The van der Waals surface area contributed by atoms with Crippen LogP contribution in [-0.2, 0) is 37.0 Å². The molecule has 0 bridgehead atoms. The van der Waals surface area contributed by atoms with Crippen molar-refractivity contribution in [2.75, 3.05) is 18.5 Å². The van der Waals surface area contributed by atoms with Gasteiger partial charge in [-0.25, -0.2) is 9.67 Å². The van der Waals surface area contributed by atoms with E-state index in [-0.39, 0.29) is 24.7 Å². The standard InChI is InChI=1S/C25H28F3N5O2/c1-3-21-20(14-32-13-15-5-6-16(25(26,27)28)11-18(15)24(32)34)22(30-17-7-9-35-10-8-17)19-12-29-33(4-2)23(19)31-21/h5-6,11-12,17H,3-4,7-10,13-14H2,1-2H3,(H,30,31). The zero-order chi connectivity index (χ0) is 24.7. The molecule has 0 spiro atoms. The molecule has 1 amide bonds. The number of ether oxygens (including phenoxy) is 1. The van der Waals surface area contributed by atoms with Crippen molar-refractivity contribution in [1.82, 2.24) is 19.7 Å². The molecule has 0 radical (unpaired) electrons. The Balaban J connectivity index is 1.54. The number of amides is 1. The van der Waals surface area contributed by atoms with E-state index in [4.69, 9.17) is 9.72 Å². The van der Waals surface area contributed by atoms with Gasteiger partial charge in [-0.3, -0.25) is 4.79 Å². The highest BCUT2D eigenvalue weighted by Crippen LogP contribution is 2.36. The Morgan fingerprint density at radius 3 is 2.66 bits per heavy atom. The van der Waals surface area contributed by atoms with Crippen LogP contribution in [0.4, 0.5) is 18.9 Å². The van der Waals surface area contributed by atoms with Crippen LogP contribution >= 0.6 is 0 Å². The number of nitrogens with zero attached hydrogens (tertiary/aromatic N) is 4. The third-order valence-corrected chi connectivity index (χ3v) is 6.84. The molecule has 10 heteroatoms. The molecule has 2 aliphatic heterocycles. The van der Waals surface area contributed by atoms with Gasteiger partial charge >= 0.3 is 6.18 Å². The molecule has 4 heterocycles. The fourth-order valence-electron chi connectivity index (χ4n) is 4.94. The van der Waals surface area contributed by atoms with E-state index >= 15 is 0 Å². The summed E-state index contributed by atoms with van der Waals surface area (Å²) in [5.41, 5.74) is 3.34. The summed E-state index contributed by atoms with van der Waals surface area (Å²) in [6.07, 6.45) is -0.322. The highest BCUT2D eigenvalue weighted by molar-refractivity contribution is 5.99. The van der Waals surface area contributed by atoms with Crippen molar-refractivity contribution >= 4 is 22.6 Å². The lowest BCUT2D eigenvalue weighted by atomic mass is 10.0. The van der Waals surface area contributed by atoms with Crippen LogP contribution in [0.2, 0.25) is 0 Å². The molecule has 0 unspecified atom stereocenters. The van der Waals surface area contributed by atoms with Crippen molar-refractivity contribution < 1.29 is 22.7 Å². The number of fused-ring (bicyclic) bond motifs is 2. The lowest BCUT2D eigenvalue weighted by Crippen LogP contribution is -2.30. The molecular weight excluding hydrogens is 459 g/mol. The first-order valence-electron chi connectivity index (χ1n) is 12.0. The fraction of sp³-hybridized carbons (Fsp3) is 0.480. The minimum atomic E-state index is -4.49. The fourth-order valence-corrected chi connectivity index (χ4v) is 4.94. The van der Waals surface area contributed by atoms with Gasteiger partial charge < -0.3 is 15.0 Å². The number of rotatable bonds is 6. The predicted octanol–water partition coefficient (Wildman–Crippen LogP) is 4.78. The Labute approximate surface area is 201 Å². The van der Waals surface area contributed by atoms with E-state index in [1.54, 1.807) is 11.1 Å². The number of halogens is 3. The molecule has 2 aromatic heterocycles. The third kappa shape index (κ3) is 4.35. The minimum Gasteiger partial charge on any atom is -0.381 e. The minimum absolute atomic E-state index is 0.115. The number of nitrogens with one attached hydrogen (secondary N) is 1. The number of anilines is 1. The number of aryl methyl sites for hydroxylation is 2. The van der Waals surface area contributed by atoms with Gasteiger partial charge in [-0.1, -0.05) is 13.0 Å². The average molecular weight is 488 g/mol. The number of hydrogen-bond acceptors (Lipinski definition) is 5. The molecule has 186 valence electrons. The molecule has 2 aliphatic rings. The van der Waals surface area contributed by atoms with Crippen molar-refractivity contribution in [2.24, 2.45) is 0 Å². The van der Waals surface area contributed by atoms with Gasteiger partial charge in [-0.2, -0.15) is 18.3 Å². The first-order chi connectivity index (χ1) is 16.8. The molecule has 1 aromatic carbocycles.